The zero-order chi connectivity index (χ0) is 18.5. The van der Waals surface area contributed by atoms with E-state index in [-0.39, 0.29) is 29.7 Å². The topological polar surface area (TPSA) is 70.2 Å². The van der Waals surface area contributed by atoms with Crippen molar-refractivity contribution < 1.29 is 18.4 Å². The summed E-state index contributed by atoms with van der Waals surface area (Å²) in [7, 11) is 0. The quantitative estimate of drug-likeness (QED) is 0.646. The number of carbonyl (C=O) groups is 2. The fourth-order valence-corrected chi connectivity index (χ4v) is 3.38. The molecule has 1 saturated carbocycles. The van der Waals surface area contributed by atoms with Crippen molar-refractivity contribution in [2.45, 2.75) is 44.1 Å². The fraction of sp³-hybridized carbons (Fsp3) is 0.579. The Morgan fingerprint density at radius 3 is 2.69 bits per heavy atom. The van der Waals surface area contributed by atoms with Crippen molar-refractivity contribution in [3.63, 3.8) is 0 Å². The number of rotatable bonds is 7. The molecule has 1 aromatic carbocycles. The predicted molar refractivity (Wildman–Crippen MR) is 93.5 cm³/mol. The summed E-state index contributed by atoms with van der Waals surface area (Å²) in [6.45, 7) is 1.86. The Morgan fingerprint density at radius 1 is 1.15 bits per heavy atom. The first-order valence-corrected chi connectivity index (χ1v) is 9.27. The second kappa shape index (κ2) is 8.58. The van der Waals surface area contributed by atoms with Gasteiger partial charge in [-0.25, -0.2) is 8.78 Å². The summed E-state index contributed by atoms with van der Waals surface area (Å²) in [4.78, 5) is 23.8. The van der Waals surface area contributed by atoms with Crippen LogP contribution in [0.4, 0.5) is 8.78 Å². The van der Waals surface area contributed by atoms with Crippen LogP contribution in [-0.4, -0.2) is 37.5 Å². The molecule has 0 spiro atoms. The summed E-state index contributed by atoms with van der Waals surface area (Å²) in [5.41, 5.74) is 0.701. The summed E-state index contributed by atoms with van der Waals surface area (Å²) < 4.78 is 26.7. The van der Waals surface area contributed by atoms with Crippen LogP contribution in [0.3, 0.4) is 0 Å². The highest BCUT2D eigenvalue weighted by atomic mass is 19.2. The van der Waals surface area contributed by atoms with Gasteiger partial charge in [0.2, 0.25) is 11.8 Å². The van der Waals surface area contributed by atoms with E-state index < -0.39 is 11.6 Å². The molecular weight excluding hydrogens is 340 g/mol. The number of piperidine rings is 1. The molecule has 3 N–H and O–H groups in total. The molecule has 2 unspecified atom stereocenters. The minimum Gasteiger partial charge on any atom is -0.356 e. The lowest BCUT2D eigenvalue weighted by atomic mass is 9.86. The van der Waals surface area contributed by atoms with Crippen LogP contribution in [-0.2, 0) is 9.59 Å². The van der Waals surface area contributed by atoms with Crippen LogP contribution in [0, 0.1) is 17.6 Å². The van der Waals surface area contributed by atoms with Gasteiger partial charge in [-0.05, 0) is 49.9 Å². The molecule has 26 heavy (non-hydrogen) atoms. The van der Waals surface area contributed by atoms with Gasteiger partial charge in [-0.3, -0.25) is 9.59 Å². The third-order valence-corrected chi connectivity index (χ3v) is 5.03. The molecule has 1 saturated heterocycles. The first-order chi connectivity index (χ1) is 12.5. The molecule has 1 aromatic rings. The summed E-state index contributed by atoms with van der Waals surface area (Å²) in [6, 6.07) is 3.77. The maximum Gasteiger partial charge on any atom is 0.223 e. The van der Waals surface area contributed by atoms with Crippen LogP contribution >= 0.6 is 0 Å². The molecule has 3 rings (SSSR count). The van der Waals surface area contributed by atoms with Crippen molar-refractivity contribution in [1.82, 2.24) is 16.0 Å². The minimum atomic E-state index is -0.864. The number of benzene rings is 1. The molecule has 1 aliphatic carbocycles. The van der Waals surface area contributed by atoms with Crippen LogP contribution in [0.25, 0.3) is 0 Å². The maximum atomic E-state index is 13.5. The molecule has 1 heterocycles. The average Bonchev–Trinajstić information content (AvgIpc) is 3.47. The molecule has 7 heteroatoms. The van der Waals surface area contributed by atoms with Gasteiger partial charge in [0.25, 0.3) is 0 Å². The second-order valence-electron chi connectivity index (χ2n) is 7.12. The van der Waals surface area contributed by atoms with E-state index in [1.54, 1.807) is 6.07 Å². The maximum absolute atomic E-state index is 13.5. The van der Waals surface area contributed by atoms with Crippen LogP contribution < -0.4 is 16.0 Å². The van der Waals surface area contributed by atoms with Gasteiger partial charge in [-0.2, -0.15) is 0 Å². The van der Waals surface area contributed by atoms with E-state index in [4.69, 9.17) is 0 Å². The zero-order valence-electron chi connectivity index (χ0n) is 14.7. The van der Waals surface area contributed by atoms with Crippen molar-refractivity contribution in [2.24, 2.45) is 5.92 Å². The van der Waals surface area contributed by atoms with Crippen LogP contribution in [0.1, 0.15) is 43.6 Å². The Morgan fingerprint density at radius 2 is 1.96 bits per heavy atom. The van der Waals surface area contributed by atoms with Crippen molar-refractivity contribution in [3.8, 4) is 0 Å². The first-order valence-electron chi connectivity index (χ1n) is 9.27. The van der Waals surface area contributed by atoms with Crippen LogP contribution in [0.5, 0.6) is 0 Å². The third-order valence-electron chi connectivity index (χ3n) is 5.03. The van der Waals surface area contributed by atoms with Gasteiger partial charge in [-0.15, -0.1) is 0 Å². The molecule has 142 valence electrons. The largest absolute Gasteiger partial charge is 0.356 e. The summed E-state index contributed by atoms with van der Waals surface area (Å²) in [6.07, 6.45) is 3.58. The van der Waals surface area contributed by atoms with E-state index in [0.29, 0.717) is 31.5 Å². The minimum absolute atomic E-state index is 0.0510. The van der Waals surface area contributed by atoms with E-state index in [1.807, 2.05) is 0 Å². The highest BCUT2D eigenvalue weighted by molar-refractivity contribution is 5.81. The Kier molecular flexibility index (Phi) is 6.19. The average molecular weight is 365 g/mol. The van der Waals surface area contributed by atoms with E-state index in [1.165, 1.54) is 6.07 Å². The normalized spacial score (nSPS) is 22.7. The highest BCUT2D eigenvalue weighted by Crippen LogP contribution is 2.29. The van der Waals surface area contributed by atoms with E-state index in [9.17, 15) is 18.4 Å². The molecule has 1 aliphatic heterocycles. The molecule has 0 aromatic heterocycles. The molecule has 2 amide bonds. The number of carbonyl (C=O) groups excluding carboxylic acids is 2. The molecule has 2 aliphatic rings. The Hall–Kier alpha value is -2.02. The second-order valence-corrected chi connectivity index (χ2v) is 7.12. The number of hydrogen-bond acceptors (Lipinski definition) is 3. The summed E-state index contributed by atoms with van der Waals surface area (Å²) >= 11 is 0. The van der Waals surface area contributed by atoms with Gasteiger partial charge < -0.3 is 16.0 Å². The fourth-order valence-electron chi connectivity index (χ4n) is 3.38. The van der Waals surface area contributed by atoms with Crippen LogP contribution in [0.15, 0.2) is 18.2 Å². The van der Waals surface area contributed by atoms with Crippen molar-refractivity contribution in [2.75, 3.05) is 19.6 Å². The van der Waals surface area contributed by atoms with Gasteiger partial charge in [0.1, 0.15) is 0 Å². The molecule has 0 bridgehead atoms. The molecule has 2 fully saturated rings. The summed E-state index contributed by atoms with van der Waals surface area (Å²) in [5, 5.41) is 9.06. The number of nitrogens with one attached hydrogen (secondary N) is 3. The van der Waals surface area contributed by atoms with E-state index >= 15 is 0 Å². The molecule has 2 atom stereocenters. The smallest absolute Gasteiger partial charge is 0.223 e. The van der Waals surface area contributed by atoms with Crippen LogP contribution in [0.2, 0.25) is 0 Å². The van der Waals surface area contributed by atoms with Gasteiger partial charge in [0, 0.05) is 37.4 Å². The lowest BCUT2D eigenvalue weighted by molar-refractivity contribution is -0.124. The Balaban J connectivity index is 1.48. The first kappa shape index (κ1) is 18.8. The van der Waals surface area contributed by atoms with Gasteiger partial charge in [0.15, 0.2) is 11.6 Å². The third kappa shape index (κ3) is 5.00. The van der Waals surface area contributed by atoms with Gasteiger partial charge >= 0.3 is 0 Å². The molecular formula is C19H25F2N3O2. The predicted octanol–water partition coefficient (Wildman–Crippen LogP) is 1.83. The SMILES string of the molecule is O=C(CCCNC(=O)C1CC1)NC1CNCCC1c1ccc(F)c(F)c1. The van der Waals surface area contributed by atoms with Gasteiger partial charge in [-0.1, -0.05) is 6.07 Å². The zero-order valence-corrected chi connectivity index (χ0v) is 14.7. The van der Waals surface area contributed by atoms with E-state index in [0.717, 1.165) is 31.9 Å². The Bertz CT molecular complexity index is 664. The van der Waals surface area contributed by atoms with Gasteiger partial charge in [0.05, 0.1) is 0 Å². The highest BCUT2D eigenvalue weighted by Gasteiger charge is 2.30. The Labute approximate surface area is 151 Å². The summed E-state index contributed by atoms with van der Waals surface area (Å²) in [5.74, 6) is -1.61. The van der Waals surface area contributed by atoms with E-state index in [2.05, 4.69) is 16.0 Å². The monoisotopic (exact) mass is 365 g/mol. The van der Waals surface area contributed by atoms with Crippen molar-refractivity contribution in [3.05, 3.63) is 35.4 Å². The number of amides is 2. The van der Waals surface area contributed by atoms with Crippen molar-refractivity contribution >= 4 is 11.8 Å². The number of hydrogen-bond donors (Lipinski definition) is 3. The lowest BCUT2D eigenvalue weighted by Crippen LogP contribution is -2.50. The molecule has 5 nitrogen and oxygen atoms in total. The van der Waals surface area contributed by atoms with Crippen molar-refractivity contribution in [1.29, 1.82) is 0 Å². The standard InChI is InChI=1S/C19H25F2N3O2/c20-15-6-5-13(10-16(15)21)14-7-9-22-11-17(14)24-18(25)2-1-8-23-19(26)12-3-4-12/h5-6,10,12,14,17,22H,1-4,7-9,11H2,(H,23,26)(H,24,25). The number of halogens is 2. The molecule has 0 radical (unpaired) electrons. The lowest BCUT2D eigenvalue weighted by Gasteiger charge is -2.33.